The maximum atomic E-state index is 5.18. The van der Waals surface area contributed by atoms with Gasteiger partial charge in [-0.3, -0.25) is 0 Å². The van der Waals surface area contributed by atoms with Gasteiger partial charge in [0.05, 0.1) is 11.4 Å². The van der Waals surface area contributed by atoms with E-state index < -0.39 is 0 Å². The van der Waals surface area contributed by atoms with Crippen LogP contribution in [0.15, 0.2) is 231 Å². The average Bonchev–Trinajstić information content (AvgIpc) is 3.76. The highest BCUT2D eigenvalue weighted by Crippen LogP contribution is 2.48. The van der Waals surface area contributed by atoms with Crippen LogP contribution in [0.5, 0.6) is 0 Å². The lowest BCUT2D eigenvalue weighted by Crippen LogP contribution is -1.96. The molecule has 65 heavy (non-hydrogen) atoms. The summed E-state index contributed by atoms with van der Waals surface area (Å²) in [7, 11) is 0. The lowest BCUT2D eigenvalue weighted by Gasteiger charge is -2.21. The largest absolute Gasteiger partial charge is 0.228 e. The van der Waals surface area contributed by atoms with Crippen molar-refractivity contribution in [1.29, 1.82) is 0 Å². The molecule has 0 atom stereocenters. The summed E-state index contributed by atoms with van der Waals surface area (Å²) in [5.41, 5.74) is 12.3. The van der Waals surface area contributed by atoms with Crippen molar-refractivity contribution in [1.82, 2.24) is 9.97 Å². The van der Waals surface area contributed by atoms with E-state index in [1.165, 1.54) is 91.1 Å². The van der Waals surface area contributed by atoms with Gasteiger partial charge in [0.1, 0.15) is 0 Å². The van der Waals surface area contributed by atoms with Crippen LogP contribution < -0.4 is 0 Å². The number of nitrogens with zero attached hydrogens (tertiary/aromatic N) is 2. The van der Waals surface area contributed by atoms with Crippen LogP contribution in [0.3, 0.4) is 0 Å². The minimum atomic E-state index is 0.713. The second kappa shape index (κ2) is 15.2. The van der Waals surface area contributed by atoms with Crippen molar-refractivity contribution < 1.29 is 0 Å². The fourth-order valence-electron chi connectivity index (χ4n) is 10.1. The van der Waals surface area contributed by atoms with Crippen molar-refractivity contribution in [2.75, 3.05) is 0 Å². The molecular weight excluding hydrogens is 805 g/mol. The maximum Gasteiger partial charge on any atom is 0.160 e. The highest BCUT2D eigenvalue weighted by molar-refractivity contribution is 7.25. The van der Waals surface area contributed by atoms with Gasteiger partial charge in [0.15, 0.2) is 5.82 Å². The molecule has 2 nitrogen and oxygen atoms in total. The summed E-state index contributed by atoms with van der Waals surface area (Å²) in [6, 6.07) is 83.6. The van der Waals surface area contributed by atoms with Gasteiger partial charge in [0.25, 0.3) is 0 Å². The summed E-state index contributed by atoms with van der Waals surface area (Å²) in [4.78, 5) is 10.3. The van der Waals surface area contributed by atoms with E-state index in [0.717, 1.165) is 33.6 Å². The van der Waals surface area contributed by atoms with Crippen molar-refractivity contribution in [2.24, 2.45) is 0 Å². The Kier molecular flexibility index (Phi) is 8.75. The van der Waals surface area contributed by atoms with Crippen LogP contribution in [0.4, 0.5) is 0 Å². The zero-order chi connectivity index (χ0) is 42.8. The third kappa shape index (κ3) is 6.24. The van der Waals surface area contributed by atoms with Gasteiger partial charge in [-0.15, -0.1) is 11.3 Å². The molecule has 0 spiro atoms. The van der Waals surface area contributed by atoms with Crippen molar-refractivity contribution in [3.8, 4) is 67.3 Å². The lowest BCUT2D eigenvalue weighted by atomic mass is 9.82. The summed E-state index contributed by atoms with van der Waals surface area (Å²) in [5.74, 6) is 0.713. The summed E-state index contributed by atoms with van der Waals surface area (Å²) >= 11 is 1.83. The molecule has 2 heterocycles. The quantitative estimate of drug-likeness (QED) is 0.123. The molecule has 0 radical (unpaired) electrons. The average molecular weight is 843 g/mol. The molecule has 0 amide bonds. The van der Waals surface area contributed by atoms with Crippen molar-refractivity contribution >= 4 is 74.6 Å². The van der Waals surface area contributed by atoms with Crippen LogP contribution in [0.25, 0.3) is 131 Å². The number of hydrogen-bond donors (Lipinski definition) is 0. The maximum absolute atomic E-state index is 5.18. The smallest absolute Gasteiger partial charge is 0.160 e. The van der Waals surface area contributed by atoms with E-state index in [9.17, 15) is 0 Å². The molecule has 302 valence electrons. The van der Waals surface area contributed by atoms with Crippen molar-refractivity contribution in [3.05, 3.63) is 231 Å². The number of aromatic nitrogens is 2. The minimum Gasteiger partial charge on any atom is -0.228 e. The monoisotopic (exact) mass is 842 g/mol. The van der Waals surface area contributed by atoms with Gasteiger partial charge < -0.3 is 0 Å². The van der Waals surface area contributed by atoms with Gasteiger partial charge in [-0.1, -0.05) is 212 Å². The summed E-state index contributed by atoms with van der Waals surface area (Å²) in [5, 5.41) is 12.6. The van der Waals surface area contributed by atoms with E-state index in [4.69, 9.17) is 9.97 Å². The first kappa shape index (κ1) is 37.3. The van der Waals surface area contributed by atoms with Gasteiger partial charge in [0, 0.05) is 36.9 Å². The molecule has 13 rings (SSSR count). The Hall–Kier alpha value is -8.24. The number of benzene rings is 11. The normalized spacial score (nSPS) is 11.7. The van der Waals surface area contributed by atoms with Gasteiger partial charge >= 0.3 is 0 Å². The first-order chi connectivity index (χ1) is 32.2. The number of fused-ring (bicyclic) bond motifs is 8. The van der Waals surface area contributed by atoms with Crippen LogP contribution in [0.2, 0.25) is 0 Å². The standard InChI is InChI=1S/C62H38N2S/c1-3-16-42(17-4-1)59-51-24-11-12-25-52(51)60(54-34-31-39-15-7-8-20-46(39)61(54)59)53-36-35-45(47-21-9-10-22-48(47)53)40-27-29-41(30-28-40)55-38-56(64-62(63-55)43-18-5-2-6-19-43)44-32-33-50-49-23-13-14-26-57(49)65-58(50)37-44/h1-38H. The molecular formula is C62H38N2S. The highest BCUT2D eigenvalue weighted by Gasteiger charge is 2.21. The molecule has 0 N–H and O–H groups in total. The van der Waals surface area contributed by atoms with E-state index in [1.54, 1.807) is 0 Å². The Bertz CT molecular complexity index is 3980. The fraction of sp³-hybridized carbons (Fsp3) is 0. The molecule has 0 saturated carbocycles. The van der Waals surface area contributed by atoms with Gasteiger partial charge in [-0.05, 0) is 94.7 Å². The molecule has 0 aliphatic rings. The Morgan fingerprint density at radius 3 is 1.55 bits per heavy atom. The van der Waals surface area contributed by atoms with Gasteiger partial charge in [-0.2, -0.15) is 0 Å². The number of hydrogen-bond acceptors (Lipinski definition) is 3. The second-order valence-electron chi connectivity index (χ2n) is 16.8. The van der Waals surface area contributed by atoms with Crippen LogP contribution >= 0.6 is 11.3 Å². The number of thiophene rings is 1. The zero-order valence-corrected chi connectivity index (χ0v) is 36.1. The number of rotatable bonds is 6. The third-order valence-electron chi connectivity index (χ3n) is 13.1. The minimum absolute atomic E-state index is 0.713. The van der Waals surface area contributed by atoms with Crippen molar-refractivity contribution in [2.45, 2.75) is 0 Å². The van der Waals surface area contributed by atoms with Gasteiger partial charge in [0.2, 0.25) is 0 Å². The molecule has 13 aromatic rings. The highest BCUT2D eigenvalue weighted by atomic mass is 32.1. The predicted molar refractivity (Wildman–Crippen MR) is 278 cm³/mol. The predicted octanol–water partition coefficient (Wildman–Crippen LogP) is 17.5. The Labute approximate surface area is 380 Å². The summed E-state index contributed by atoms with van der Waals surface area (Å²) < 4.78 is 2.55. The van der Waals surface area contributed by atoms with Crippen molar-refractivity contribution in [3.63, 3.8) is 0 Å². The van der Waals surface area contributed by atoms with Crippen LogP contribution in [-0.4, -0.2) is 9.97 Å². The molecule has 3 heteroatoms. The first-order valence-electron chi connectivity index (χ1n) is 22.1. The van der Waals surface area contributed by atoms with E-state index in [-0.39, 0.29) is 0 Å². The molecule has 0 unspecified atom stereocenters. The van der Waals surface area contributed by atoms with Gasteiger partial charge in [-0.25, -0.2) is 9.97 Å². The van der Waals surface area contributed by atoms with E-state index in [0.29, 0.717) is 5.82 Å². The molecule has 0 bridgehead atoms. The Morgan fingerprint density at radius 1 is 0.277 bits per heavy atom. The van der Waals surface area contributed by atoms with Crippen LogP contribution in [0, 0.1) is 0 Å². The molecule has 0 saturated heterocycles. The summed E-state index contributed by atoms with van der Waals surface area (Å²) in [6.45, 7) is 0. The molecule has 2 aromatic heterocycles. The first-order valence-corrected chi connectivity index (χ1v) is 23.0. The third-order valence-corrected chi connectivity index (χ3v) is 14.2. The Morgan fingerprint density at radius 2 is 0.800 bits per heavy atom. The fourth-order valence-corrected chi connectivity index (χ4v) is 11.2. The topological polar surface area (TPSA) is 25.8 Å². The SMILES string of the molecule is c1ccc(-c2nc(-c3ccc(-c4ccc(-c5c6ccccc6c(-c6ccccc6)c6c5ccc5ccccc56)c5ccccc45)cc3)cc(-c3ccc4c(c3)sc3ccccc34)n2)cc1. The lowest BCUT2D eigenvalue weighted by molar-refractivity contribution is 1.18. The molecule has 0 fully saturated rings. The summed E-state index contributed by atoms with van der Waals surface area (Å²) in [6.07, 6.45) is 0. The Balaban J connectivity index is 0.950. The van der Waals surface area contributed by atoms with Crippen LogP contribution in [-0.2, 0) is 0 Å². The van der Waals surface area contributed by atoms with Crippen LogP contribution in [0.1, 0.15) is 0 Å². The molecule has 0 aliphatic heterocycles. The molecule has 11 aromatic carbocycles. The second-order valence-corrected chi connectivity index (χ2v) is 17.9. The van der Waals surface area contributed by atoms with E-state index in [1.807, 2.05) is 29.5 Å². The molecule has 0 aliphatic carbocycles. The van der Waals surface area contributed by atoms with E-state index >= 15 is 0 Å². The van der Waals surface area contributed by atoms with E-state index in [2.05, 4.69) is 212 Å². The zero-order valence-electron chi connectivity index (χ0n) is 35.2.